The van der Waals surface area contributed by atoms with Crippen molar-refractivity contribution in [3.05, 3.63) is 95.3 Å². The Labute approximate surface area is 233 Å². The number of rotatable bonds is 7. The van der Waals surface area contributed by atoms with Crippen LogP contribution < -0.4 is 10.1 Å². The zero-order chi connectivity index (χ0) is 28.1. The van der Waals surface area contributed by atoms with Crippen molar-refractivity contribution in [3.63, 3.8) is 0 Å². The molecule has 2 aliphatic rings. The van der Waals surface area contributed by atoms with Gasteiger partial charge in [0.15, 0.2) is 0 Å². The van der Waals surface area contributed by atoms with Gasteiger partial charge in [-0.2, -0.15) is 0 Å². The molecule has 3 amide bonds. The molecule has 1 N–H and O–H groups in total. The van der Waals surface area contributed by atoms with Gasteiger partial charge in [-0.3, -0.25) is 14.4 Å². The Morgan fingerprint density at radius 2 is 1.55 bits per heavy atom. The number of nitrogens with one attached hydrogen (secondary N) is 1. The predicted molar refractivity (Wildman–Crippen MR) is 151 cm³/mol. The maximum atomic E-state index is 14.3. The second kappa shape index (κ2) is 12.3. The first-order chi connectivity index (χ1) is 19.4. The van der Waals surface area contributed by atoms with E-state index in [4.69, 9.17) is 4.74 Å². The van der Waals surface area contributed by atoms with E-state index in [1.807, 2.05) is 28.0 Å². The van der Waals surface area contributed by atoms with Gasteiger partial charge in [0.25, 0.3) is 11.8 Å². The molecule has 3 aromatic carbocycles. The van der Waals surface area contributed by atoms with Gasteiger partial charge in [0, 0.05) is 55.5 Å². The highest BCUT2D eigenvalue weighted by molar-refractivity contribution is 6.04. The molecule has 0 bridgehead atoms. The molecule has 2 aliphatic heterocycles. The molecule has 3 aromatic rings. The van der Waals surface area contributed by atoms with E-state index >= 15 is 0 Å². The molecule has 7 nitrogen and oxygen atoms in total. The van der Waals surface area contributed by atoms with Crippen LogP contribution in [0.15, 0.2) is 72.8 Å². The van der Waals surface area contributed by atoms with Crippen molar-refractivity contribution in [1.82, 2.24) is 9.80 Å². The molecule has 0 radical (unpaired) electrons. The largest absolute Gasteiger partial charge is 0.497 e. The number of nitrogens with zero attached hydrogens (tertiary/aromatic N) is 2. The summed E-state index contributed by atoms with van der Waals surface area (Å²) in [6.07, 6.45) is 2.32. The maximum absolute atomic E-state index is 14.3. The van der Waals surface area contributed by atoms with Crippen molar-refractivity contribution in [2.75, 3.05) is 38.6 Å². The third-order valence-corrected chi connectivity index (χ3v) is 8.05. The number of anilines is 1. The summed E-state index contributed by atoms with van der Waals surface area (Å²) in [6, 6.07) is 20.7. The lowest BCUT2D eigenvalue weighted by atomic mass is 9.92. The lowest BCUT2D eigenvalue weighted by molar-refractivity contribution is -0.130. The minimum atomic E-state index is -0.352. The molecule has 2 saturated heterocycles. The fourth-order valence-corrected chi connectivity index (χ4v) is 5.68. The number of halogens is 1. The molecule has 2 heterocycles. The Hall–Kier alpha value is -4.20. The van der Waals surface area contributed by atoms with Gasteiger partial charge in [0.2, 0.25) is 5.91 Å². The van der Waals surface area contributed by atoms with Crippen LogP contribution in [0.25, 0.3) is 0 Å². The third kappa shape index (κ3) is 6.33. The number of fused-ring (bicyclic) bond motifs is 1. The Morgan fingerprint density at radius 3 is 2.17 bits per heavy atom. The molecule has 2 fully saturated rings. The van der Waals surface area contributed by atoms with Crippen molar-refractivity contribution >= 4 is 23.4 Å². The Morgan fingerprint density at radius 1 is 0.875 bits per heavy atom. The summed E-state index contributed by atoms with van der Waals surface area (Å²) < 4.78 is 19.3. The standard InChI is InChI=1S/C32H34FN3O4/c1-40-28-13-9-22(29(33)19-28)10-14-30(37)36-20-25-15-17-35(18-16-26(25)21-36)32(39)24-7-11-27(12-8-24)34-31(38)23-5-3-2-4-6-23/h2-9,11-13,19,25-26H,10,14-18,20-21H2,1H3,(H,34,38)/t25-,26+. The lowest BCUT2D eigenvalue weighted by Gasteiger charge is -2.22. The SMILES string of the molecule is COc1ccc(CCC(=O)N2C[C@H]3CCN(C(=O)c4ccc(NC(=O)c5ccccc5)cc4)CC[C@H]3C2)c(F)c1. The van der Waals surface area contributed by atoms with E-state index in [1.54, 1.807) is 48.5 Å². The van der Waals surface area contributed by atoms with Crippen LogP contribution in [-0.2, 0) is 11.2 Å². The zero-order valence-corrected chi connectivity index (χ0v) is 22.6. The number of hydrogen-bond acceptors (Lipinski definition) is 4. The first kappa shape index (κ1) is 27.4. The van der Waals surface area contributed by atoms with Crippen molar-refractivity contribution in [3.8, 4) is 5.75 Å². The average molecular weight is 544 g/mol. The molecule has 5 rings (SSSR count). The van der Waals surface area contributed by atoms with E-state index in [0.717, 1.165) is 12.8 Å². The summed E-state index contributed by atoms with van der Waals surface area (Å²) in [5.41, 5.74) is 2.31. The van der Waals surface area contributed by atoms with Crippen molar-refractivity contribution < 1.29 is 23.5 Å². The normalized spacial score (nSPS) is 18.6. The van der Waals surface area contributed by atoms with E-state index in [-0.39, 0.29) is 30.0 Å². The van der Waals surface area contributed by atoms with Gasteiger partial charge >= 0.3 is 0 Å². The topological polar surface area (TPSA) is 79.0 Å². The van der Waals surface area contributed by atoms with Crippen LogP contribution in [0.1, 0.15) is 45.5 Å². The van der Waals surface area contributed by atoms with Crippen molar-refractivity contribution in [1.29, 1.82) is 0 Å². The molecule has 0 aromatic heterocycles. The van der Waals surface area contributed by atoms with Crippen LogP contribution in [0.5, 0.6) is 5.75 Å². The summed E-state index contributed by atoms with van der Waals surface area (Å²) in [5.74, 6) is 0.662. The van der Waals surface area contributed by atoms with Crippen LogP contribution in [0.3, 0.4) is 0 Å². The van der Waals surface area contributed by atoms with Crippen molar-refractivity contribution in [2.24, 2.45) is 11.8 Å². The van der Waals surface area contributed by atoms with Gasteiger partial charge in [0.05, 0.1) is 7.11 Å². The minimum Gasteiger partial charge on any atom is -0.497 e. The van der Waals surface area contributed by atoms with Gasteiger partial charge in [-0.05, 0) is 79.1 Å². The smallest absolute Gasteiger partial charge is 0.255 e. The third-order valence-electron chi connectivity index (χ3n) is 8.05. The predicted octanol–water partition coefficient (Wildman–Crippen LogP) is 5.03. The number of likely N-dealkylation sites (tertiary alicyclic amines) is 2. The van der Waals surface area contributed by atoms with E-state index < -0.39 is 0 Å². The summed E-state index contributed by atoms with van der Waals surface area (Å²) in [4.78, 5) is 42.3. The number of aryl methyl sites for hydroxylation is 1. The number of hydrogen-bond donors (Lipinski definition) is 1. The zero-order valence-electron chi connectivity index (χ0n) is 22.6. The molecule has 208 valence electrons. The maximum Gasteiger partial charge on any atom is 0.255 e. The van der Waals surface area contributed by atoms with Crippen LogP contribution >= 0.6 is 0 Å². The second-order valence-electron chi connectivity index (χ2n) is 10.5. The molecule has 0 aliphatic carbocycles. The number of amides is 3. The number of benzene rings is 3. The van der Waals surface area contributed by atoms with Crippen molar-refractivity contribution in [2.45, 2.75) is 25.7 Å². The first-order valence-electron chi connectivity index (χ1n) is 13.8. The fourth-order valence-electron chi connectivity index (χ4n) is 5.68. The van der Waals surface area contributed by atoms with E-state index in [1.165, 1.54) is 13.2 Å². The van der Waals surface area contributed by atoms with Crippen LogP contribution in [0, 0.1) is 17.7 Å². The van der Waals surface area contributed by atoms with Gasteiger partial charge in [0.1, 0.15) is 11.6 Å². The quantitative estimate of drug-likeness (QED) is 0.454. The van der Waals surface area contributed by atoms with Gasteiger partial charge in [-0.1, -0.05) is 24.3 Å². The molecular formula is C32H34FN3O4. The number of carbonyl (C=O) groups excluding carboxylic acids is 3. The summed E-state index contributed by atoms with van der Waals surface area (Å²) in [6.45, 7) is 2.66. The Bertz CT molecular complexity index is 1350. The highest BCUT2D eigenvalue weighted by Crippen LogP contribution is 2.33. The van der Waals surface area contributed by atoms with Gasteiger partial charge in [-0.15, -0.1) is 0 Å². The monoisotopic (exact) mass is 543 g/mol. The summed E-state index contributed by atoms with van der Waals surface area (Å²) >= 11 is 0. The molecule has 8 heteroatoms. The Kier molecular flexibility index (Phi) is 8.43. The lowest BCUT2D eigenvalue weighted by Crippen LogP contribution is -2.34. The second-order valence-corrected chi connectivity index (χ2v) is 10.5. The Balaban J connectivity index is 1.10. The van der Waals surface area contributed by atoms with Gasteiger partial charge < -0.3 is 19.9 Å². The minimum absolute atomic E-state index is 0.0182. The van der Waals surface area contributed by atoms with Crippen LogP contribution in [0.2, 0.25) is 0 Å². The van der Waals surface area contributed by atoms with E-state index in [9.17, 15) is 18.8 Å². The highest BCUT2D eigenvalue weighted by atomic mass is 19.1. The first-order valence-corrected chi connectivity index (χ1v) is 13.8. The number of ether oxygens (including phenoxy) is 1. The summed E-state index contributed by atoms with van der Waals surface area (Å²) in [5, 5.41) is 2.86. The molecule has 2 atom stereocenters. The highest BCUT2D eigenvalue weighted by Gasteiger charge is 2.37. The average Bonchev–Trinajstić information content (AvgIpc) is 3.29. The molecule has 0 unspecified atom stereocenters. The molecular weight excluding hydrogens is 509 g/mol. The fraction of sp³-hybridized carbons (Fsp3) is 0.344. The number of methoxy groups -OCH3 is 1. The van der Waals surface area contributed by atoms with Gasteiger partial charge in [-0.25, -0.2) is 4.39 Å². The van der Waals surface area contributed by atoms with E-state index in [0.29, 0.717) is 72.6 Å². The van der Waals surface area contributed by atoms with E-state index in [2.05, 4.69) is 5.32 Å². The molecule has 0 spiro atoms. The number of carbonyl (C=O) groups is 3. The van der Waals surface area contributed by atoms with Crippen LogP contribution in [0.4, 0.5) is 10.1 Å². The summed E-state index contributed by atoms with van der Waals surface area (Å²) in [7, 11) is 1.50. The molecule has 0 saturated carbocycles. The molecule has 40 heavy (non-hydrogen) atoms. The van der Waals surface area contributed by atoms with Crippen LogP contribution in [-0.4, -0.2) is 60.8 Å².